The highest BCUT2D eigenvalue weighted by Gasteiger charge is 2.95. The number of halogens is 16. The summed E-state index contributed by atoms with van der Waals surface area (Å²) in [4.78, 5) is 0. The van der Waals surface area contributed by atoms with Crippen LogP contribution in [0.2, 0.25) is 0 Å². The van der Waals surface area contributed by atoms with E-state index in [-0.39, 0.29) is 0 Å². The van der Waals surface area contributed by atoms with Crippen LogP contribution < -0.4 is 0 Å². The van der Waals surface area contributed by atoms with Crippen LogP contribution in [-0.4, -0.2) is 59.7 Å². The summed E-state index contributed by atoms with van der Waals surface area (Å²) in [5.74, 6) is -42.1. The average Bonchev–Trinajstić information content (AvgIpc) is 2.43. The van der Waals surface area contributed by atoms with Crippen molar-refractivity contribution in [3.63, 3.8) is 0 Å². The van der Waals surface area contributed by atoms with Gasteiger partial charge in [0.1, 0.15) is 0 Å². The second kappa shape index (κ2) is 6.39. The van der Waals surface area contributed by atoms with Crippen LogP contribution in [0.3, 0.4) is 0 Å². The first-order valence-electron chi connectivity index (χ1n) is 5.99. The number of rotatable bonds is 7. The van der Waals surface area contributed by atoms with Crippen LogP contribution >= 0.6 is 0 Å². The summed E-state index contributed by atoms with van der Waals surface area (Å²) < 4.78 is 234. The molecular formula is C9H4F16O3S. The highest BCUT2D eigenvalue weighted by molar-refractivity contribution is 7.87. The van der Waals surface area contributed by atoms with Gasteiger partial charge in [0, 0.05) is 0 Å². The number of hydrogen-bond donors (Lipinski definition) is 1. The molecule has 0 fully saturated rings. The average molecular weight is 496 g/mol. The molecule has 20 heteroatoms. The Kier molecular flexibility index (Phi) is 6.13. The first-order valence-corrected chi connectivity index (χ1v) is 7.43. The van der Waals surface area contributed by atoms with Gasteiger partial charge in [0.2, 0.25) is 0 Å². The molecule has 0 aliphatic heterocycles. The zero-order valence-corrected chi connectivity index (χ0v) is 13.5. The Bertz CT molecular complexity index is 733. The lowest BCUT2D eigenvalue weighted by Gasteiger charge is -2.43. The molecule has 1 atom stereocenters. The maximum Gasteiger partial charge on any atom is 0.438 e. The molecule has 0 saturated heterocycles. The van der Waals surface area contributed by atoms with Gasteiger partial charge < -0.3 is 0 Å². The fourth-order valence-corrected chi connectivity index (χ4v) is 1.86. The van der Waals surface area contributed by atoms with Gasteiger partial charge in [0.25, 0.3) is 5.67 Å². The minimum absolute atomic E-state index is 1.58. The lowest BCUT2D eigenvalue weighted by molar-refractivity contribution is -0.440. The summed E-state index contributed by atoms with van der Waals surface area (Å²) in [5.41, 5.74) is -6.82. The largest absolute Gasteiger partial charge is 0.438 e. The van der Waals surface area contributed by atoms with Gasteiger partial charge in [0.05, 0.1) is 0 Å². The SMILES string of the molecule is CC(F)(C(F)(F)F)C(F)(F)C(F)(F)C(F)(F)C(F)(F)C(F)(F)C(F)(F)S(=O)(=O)O. The van der Waals surface area contributed by atoms with Crippen molar-refractivity contribution in [2.45, 2.75) is 53.6 Å². The Morgan fingerprint density at radius 3 is 1.00 bits per heavy atom. The smallest absolute Gasteiger partial charge is 0.281 e. The molecule has 0 bridgehead atoms. The van der Waals surface area contributed by atoms with Crippen molar-refractivity contribution < 1.29 is 83.2 Å². The van der Waals surface area contributed by atoms with Gasteiger partial charge in [-0.25, -0.2) is 4.39 Å². The molecule has 0 rings (SSSR count). The molecule has 0 aliphatic rings. The molecule has 0 radical (unpaired) electrons. The topological polar surface area (TPSA) is 54.4 Å². The minimum Gasteiger partial charge on any atom is -0.281 e. The second-order valence-electron chi connectivity index (χ2n) is 5.36. The number of alkyl halides is 16. The molecular weight excluding hydrogens is 492 g/mol. The normalized spacial score (nSPS) is 18.6. The molecule has 1 unspecified atom stereocenters. The maximum absolute atomic E-state index is 13.2. The summed E-state index contributed by atoms with van der Waals surface area (Å²) in [5, 5.41) is -7.75. The summed E-state index contributed by atoms with van der Waals surface area (Å²) >= 11 is 0. The maximum atomic E-state index is 13.2. The molecule has 1 N–H and O–H groups in total. The van der Waals surface area contributed by atoms with E-state index in [0.717, 1.165) is 0 Å². The van der Waals surface area contributed by atoms with Gasteiger partial charge >= 0.3 is 51.2 Å². The van der Waals surface area contributed by atoms with E-state index in [1.54, 1.807) is 0 Å². The van der Waals surface area contributed by atoms with Gasteiger partial charge in [0.15, 0.2) is 0 Å². The van der Waals surface area contributed by atoms with E-state index in [4.69, 9.17) is 4.55 Å². The van der Waals surface area contributed by atoms with Crippen molar-refractivity contribution in [2.24, 2.45) is 0 Å². The van der Waals surface area contributed by atoms with Crippen molar-refractivity contribution in [3.8, 4) is 0 Å². The standard InChI is InChI=1S/C9H4F16O3S/c1-2(10,8(21,22)23)3(11,12)4(13,14)5(15,16)6(17,18)7(19,20)9(24,25)29(26,27)28/h1H3,(H,26,27,28). The first kappa shape index (κ1) is 27.8. The Balaban J connectivity index is 6.90. The molecule has 3 nitrogen and oxygen atoms in total. The zero-order chi connectivity index (χ0) is 24.5. The molecule has 0 heterocycles. The monoisotopic (exact) mass is 496 g/mol. The molecule has 0 saturated carbocycles. The molecule has 0 aromatic rings. The van der Waals surface area contributed by atoms with Gasteiger partial charge in [-0.3, -0.25) is 4.55 Å². The van der Waals surface area contributed by atoms with E-state index in [0.29, 0.717) is 0 Å². The predicted octanol–water partition coefficient (Wildman–Crippen LogP) is 4.93. The highest BCUT2D eigenvalue weighted by Crippen LogP contribution is 2.63. The predicted molar refractivity (Wildman–Crippen MR) is 56.8 cm³/mol. The molecule has 0 aromatic heterocycles. The molecule has 0 amide bonds. The van der Waals surface area contributed by atoms with Gasteiger partial charge in [-0.2, -0.15) is 74.3 Å². The van der Waals surface area contributed by atoms with Crippen LogP contribution in [0, 0.1) is 0 Å². The Labute approximate surface area is 148 Å². The molecule has 0 spiro atoms. The van der Waals surface area contributed by atoms with Crippen LogP contribution in [0.1, 0.15) is 6.92 Å². The van der Waals surface area contributed by atoms with Crippen molar-refractivity contribution in [2.75, 3.05) is 0 Å². The third-order valence-electron chi connectivity index (χ3n) is 3.39. The number of hydrogen-bond acceptors (Lipinski definition) is 2. The summed E-state index contributed by atoms with van der Waals surface area (Å²) in [6.07, 6.45) is -7.22. The van der Waals surface area contributed by atoms with Gasteiger partial charge in [-0.15, -0.1) is 0 Å². The van der Waals surface area contributed by atoms with Crippen LogP contribution in [0.4, 0.5) is 70.2 Å². The Morgan fingerprint density at radius 1 is 0.517 bits per heavy atom. The lowest BCUT2D eigenvalue weighted by Crippen LogP contribution is -2.75. The van der Waals surface area contributed by atoms with Crippen molar-refractivity contribution >= 4 is 10.1 Å². The third kappa shape index (κ3) is 3.29. The quantitative estimate of drug-likeness (QED) is 0.402. The van der Waals surface area contributed by atoms with E-state index >= 15 is 0 Å². The van der Waals surface area contributed by atoms with Crippen LogP contribution in [-0.2, 0) is 10.1 Å². The van der Waals surface area contributed by atoms with Crippen molar-refractivity contribution in [3.05, 3.63) is 0 Å². The van der Waals surface area contributed by atoms with Crippen LogP contribution in [0.5, 0.6) is 0 Å². The van der Waals surface area contributed by atoms with E-state index < -0.39 is 63.8 Å². The van der Waals surface area contributed by atoms with Crippen molar-refractivity contribution in [1.82, 2.24) is 0 Å². The Morgan fingerprint density at radius 2 is 0.759 bits per heavy atom. The molecule has 0 aromatic carbocycles. The zero-order valence-electron chi connectivity index (χ0n) is 12.7. The fourth-order valence-electron chi connectivity index (χ4n) is 1.41. The van der Waals surface area contributed by atoms with Crippen LogP contribution in [0.15, 0.2) is 0 Å². The van der Waals surface area contributed by atoms with Gasteiger partial charge in [-0.1, -0.05) is 0 Å². The molecule has 0 aliphatic carbocycles. The Hall–Kier alpha value is -1.21. The summed E-state index contributed by atoms with van der Waals surface area (Å²) in [6.45, 7) is -1.58. The summed E-state index contributed by atoms with van der Waals surface area (Å²) in [6, 6.07) is 0. The summed E-state index contributed by atoms with van der Waals surface area (Å²) in [7, 11) is -7.82. The molecule has 29 heavy (non-hydrogen) atoms. The van der Waals surface area contributed by atoms with E-state index in [1.165, 1.54) is 0 Å². The third-order valence-corrected chi connectivity index (χ3v) is 4.29. The lowest BCUT2D eigenvalue weighted by atomic mass is 9.86. The minimum atomic E-state index is -8.65. The van der Waals surface area contributed by atoms with Gasteiger partial charge in [-0.05, 0) is 6.92 Å². The highest BCUT2D eigenvalue weighted by atomic mass is 32.2. The van der Waals surface area contributed by atoms with Crippen LogP contribution in [0.25, 0.3) is 0 Å². The van der Waals surface area contributed by atoms with Crippen molar-refractivity contribution in [1.29, 1.82) is 0 Å². The van der Waals surface area contributed by atoms with E-state index in [2.05, 4.69) is 0 Å². The first-order chi connectivity index (χ1) is 12.0. The second-order valence-corrected chi connectivity index (χ2v) is 6.83. The molecule has 176 valence electrons. The van der Waals surface area contributed by atoms with E-state index in [9.17, 15) is 78.7 Å². The van der Waals surface area contributed by atoms with E-state index in [1.807, 2.05) is 0 Å². The fraction of sp³-hybridized carbons (Fsp3) is 1.00.